The largest absolute Gasteiger partial charge is 0.367 e. The van der Waals surface area contributed by atoms with Crippen LogP contribution in [0.15, 0.2) is 47.5 Å². The molecule has 30 heavy (non-hydrogen) atoms. The maximum Gasteiger partial charge on any atom is 0.280 e. The lowest BCUT2D eigenvalue weighted by molar-refractivity contribution is 0.100. The molecule has 1 heterocycles. The number of hydrogen-bond donors (Lipinski definition) is 4. The fourth-order valence-corrected chi connectivity index (χ4v) is 3.71. The molecule has 0 radical (unpaired) electrons. The molecule has 1 amide bonds. The second-order valence-electron chi connectivity index (χ2n) is 8.22. The van der Waals surface area contributed by atoms with Gasteiger partial charge in [0.1, 0.15) is 5.54 Å². The van der Waals surface area contributed by atoms with E-state index in [1.165, 1.54) is 0 Å². The maximum atomic E-state index is 12.6. The smallest absolute Gasteiger partial charge is 0.280 e. The predicted octanol–water partition coefficient (Wildman–Crippen LogP) is 3.46. The Balaban J connectivity index is 1.36. The Hall–Kier alpha value is -3.53. The molecule has 2 aromatic rings. The van der Waals surface area contributed by atoms with E-state index in [1.807, 2.05) is 42.5 Å². The van der Waals surface area contributed by atoms with E-state index >= 15 is 0 Å². The molecule has 1 aliphatic heterocycles. The zero-order valence-corrected chi connectivity index (χ0v) is 16.7. The number of carbonyl (C=O) groups excluding carboxylic acids is 1. The third-order valence-corrected chi connectivity index (χ3v) is 5.73. The number of guanidine groups is 1. The van der Waals surface area contributed by atoms with Gasteiger partial charge in [-0.2, -0.15) is 10.3 Å². The van der Waals surface area contributed by atoms with Crippen LogP contribution < -0.4 is 21.3 Å². The van der Waals surface area contributed by atoms with Crippen LogP contribution in [0.5, 0.6) is 0 Å². The van der Waals surface area contributed by atoms with Gasteiger partial charge >= 0.3 is 0 Å². The highest BCUT2D eigenvalue weighted by Gasteiger charge is 2.43. The normalized spacial score (nSPS) is 18.6. The average Bonchev–Trinajstić information content (AvgIpc) is 3.68. The molecule has 152 valence electrons. The molecule has 3 fully saturated rings. The highest BCUT2D eigenvalue weighted by Crippen LogP contribution is 2.44. The van der Waals surface area contributed by atoms with Crippen LogP contribution in [0, 0.1) is 11.3 Å². The fraction of sp³-hybridized carbons (Fsp3) is 0.348. The van der Waals surface area contributed by atoms with Crippen molar-refractivity contribution >= 4 is 28.9 Å². The minimum atomic E-state index is -0.398. The van der Waals surface area contributed by atoms with E-state index in [1.54, 1.807) is 0 Å². The third-order valence-electron chi connectivity index (χ3n) is 5.73. The summed E-state index contributed by atoms with van der Waals surface area (Å²) in [7, 11) is 0. The maximum absolute atomic E-state index is 12.6. The molecule has 7 nitrogen and oxygen atoms in total. The van der Waals surface area contributed by atoms with Gasteiger partial charge in [-0.1, -0.05) is 6.07 Å². The first-order valence-corrected chi connectivity index (χ1v) is 10.5. The van der Waals surface area contributed by atoms with E-state index in [0.717, 1.165) is 61.4 Å². The average molecular weight is 400 g/mol. The van der Waals surface area contributed by atoms with Crippen LogP contribution in [0.3, 0.4) is 0 Å². The number of anilines is 3. The summed E-state index contributed by atoms with van der Waals surface area (Å²) in [4.78, 5) is 16.7. The summed E-state index contributed by atoms with van der Waals surface area (Å²) >= 11 is 0. The number of rotatable bonds is 6. The van der Waals surface area contributed by atoms with E-state index in [2.05, 4.69) is 32.3 Å². The van der Waals surface area contributed by atoms with Gasteiger partial charge in [0, 0.05) is 35.7 Å². The molecule has 7 heteroatoms. The Morgan fingerprint density at radius 2 is 1.87 bits per heavy atom. The first kappa shape index (κ1) is 18.5. The standard InChI is InChI=1S/C23H24N6O/c24-14-23(8-9-23)29-18-3-1-2-17(13-18)27-20-7-6-16(12-19(20)15-4-5-15)21(30)28-22-25-10-11-26-22/h1-3,6-7,12-13,15,27,29H,4-5,8-11H2,(H2,25,26,28,30). The Morgan fingerprint density at radius 3 is 2.57 bits per heavy atom. The summed E-state index contributed by atoms with van der Waals surface area (Å²) in [6.07, 6.45) is 4.04. The minimum Gasteiger partial charge on any atom is -0.367 e. The van der Waals surface area contributed by atoms with Crippen molar-refractivity contribution in [2.75, 3.05) is 23.7 Å². The Bertz CT molecular complexity index is 1050. The Labute approximate surface area is 175 Å². The highest BCUT2D eigenvalue weighted by atomic mass is 16.1. The van der Waals surface area contributed by atoms with Gasteiger partial charge in [0.05, 0.1) is 6.07 Å². The van der Waals surface area contributed by atoms with Crippen molar-refractivity contribution in [3.8, 4) is 6.07 Å². The third kappa shape index (κ3) is 3.94. The first-order valence-electron chi connectivity index (χ1n) is 10.5. The second kappa shape index (κ2) is 7.38. The summed E-state index contributed by atoms with van der Waals surface area (Å²) in [6, 6.07) is 16.1. The van der Waals surface area contributed by atoms with Gasteiger partial charge in [-0.25, -0.2) is 0 Å². The molecule has 0 spiro atoms. The minimum absolute atomic E-state index is 0.238. The van der Waals surface area contributed by atoms with Crippen molar-refractivity contribution in [3.05, 3.63) is 53.6 Å². The van der Waals surface area contributed by atoms with Crippen LogP contribution in [0.2, 0.25) is 0 Å². The molecule has 1 saturated heterocycles. The van der Waals surface area contributed by atoms with Gasteiger partial charge in [0.2, 0.25) is 0 Å². The predicted molar refractivity (Wildman–Crippen MR) is 117 cm³/mol. The summed E-state index contributed by atoms with van der Waals surface area (Å²) < 4.78 is 0. The van der Waals surface area contributed by atoms with Gasteiger partial charge in [-0.15, -0.1) is 0 Å². The van der Waals surface area contributed by atoms with Crippen LogP contribution in [0.25, 0.3) is 0 Å². The van der Waals surface area contributed by atoms with Crippen LogP contribution >= 0.6 is 0 Å². The lowest BCUT2D eigenvalue weighted by Gasteiger charge is -2.15. The van der Waals surface area contributed by atoms with Crippen molar-refractivity contribution in [1.29, 1.82) is 5.26 Å². The van der Waals surface area contributed by atoms with Crippen molar-refractivity contribution < 1.29 is 4.79 Å². The summed E-state index contributed by atoms with van der Waals surface area (Å²) in [5, 5.41) is 22.3. The van der Waals surface area contributed by atoms with Crippen molar-refractivity contribution in [2.24, 2.45) is 4.99 Å². The number of hydrogen-bond acceptors (Lipinski definition) is 4. The van der Waals surface area contributed by atoms with Gasteiger partial charge in [-0.3, -0.25) is 4.79 Å². The van der Waals surface area contributed by atoms with Crippen molar-refractivity contribution in [2.45, 2.75) is 37.1 Å². The zero-order valence-electron chi connectivity index (χ0n) is 16.7. The molecule has 0 bridgehead atoms. The lowest BCUT2D eigenvalue weighted by Crippen LogP contribution is -2.25. The lowest BCUT2D eigenvalue weighted by atomic mass is 10.0. The number of benzene rings is 2. The molecule has 4 N–H and O–H groups in total. The molecule has 2 aliphatic carbocycles. The fourth-order valence-electron chi connectivity index (χ4n) is 3.71. The van der Waals surface area contributed by atoms with Gasteiger partial charge in [-0.05, 0) is 73.6 Å². The van der Waals surface area contributed by atoms with Crippen LogP contribution in [0.1, 0.15) is 47.5 Å². The van der Waals surface area contributed by atoms with Crippen molar-refractivity contribution in [1.82, 2.24) is 10.6 Å². The first-order chi connectivity index (χ1) is 14.6. The zero-order chi connectivity index (χ0) is 20.6. The molecule has 0 unspecified atom stereocenters. The van der Waals surface area contributed by atoms with E-state index < -0.39 is 5.54 Å². The van der Waals surface area contributed by atoms with Crippen LogP contribution in [-0.2, 0) is 0 Å². The Morgan fingerprint density at radius 1 is 1.10 bits per heavy atom. The monoisotopic (exact) mass is 400 g/mol. The molecule has 3 aliphatic rings. The summed E-state index contributed by atoms with van der Waals surface area (Å²) in [5.74, 6) is 0.785. The number of amides is 1. The molecule has 0 aromatic heterocycles. The molecule has 5 rings (SSSR count). The van der Waals surface area contributed by atoms with E-state index in [0.29, 0.717) is 17.4 Å². The van der Waals surface area contributed by atoms with Crippen LogP contribution in [-0.4, -0.2) is 30.5 Å². The molecular weight excluding hydrogens is 376 g/mol. The Kier molecular flexibility index (Phi) is 4.55. The number of nitrogens with zero attached hydrogens (tertiary/aromatic N) is 2. The summed E-state index contributed by atoms with van der Waals surface area (Å²) in [6.45, 7) is 1.57. The number of aliphatic imine (C=N–C) groups is 1. The van der Waals surface area contributed by atoms with E-state index in [-0.39, 0.29) is 5.91 Å². The summed E-state index contributed by atoms with van der Waals surface area (Å²) in [5.41, 5.74) is 4.26. The van der Waals surface area contributed by atoms with Crippen molar-refractivity contribution in [3.63, 3.8) is 0 Å². The second-order valence-corrected chi connectivity index (χ2v) is 8.22. The van der Waals surface area contributed by atoms with E-state index in [9.17, 15) is 10.1 Å². The number of carbonyl (C=O) groups is 1. The van der Waals surface area contributed by atoms with Gasteiger partial charge in [0.25, 0.3) is 5.91 Å². The topological polar surface area (TPSA) is 101 Å². The molecule has 2 aromatic carbocycles. The highest BCUT2D eigenvalue weighted by molar-refractivity contribution is 6.03. The number of nitriles is 1. The molecule has 2 saturated carbocycles. The van der Waals surface area contributed by atoms with Gasteiger partial charge < -0.3 is 21.3 Å². The quantitative estimate of drug-likeness (QED) is 0.592. The van der Waals surface area contributed by atoms with Crippen LogP contribution in [0.4, 0.5) is 17.1 Å². The molecular formula is C23H24N6O. The molecule has 0 atom stereocenters. The van der Waals surface area contributed by atoms with E-state index in [4.69, 9.17) is 0 Å². The SMILES string of the molecule is N#CC1(Nc2cccc(Nc3ccc(C(=O)N=C4NCCN4)cc3C3CC3)c2)CC1. The number of nitrogens with one attached hydrogen (secondary N) is 4. The van der Waals surface area contributed by atoms with Gasteiger partial charge in [0.15, 0.2) is 5.96 Å².